The van der Waals surface area contributed by atoms with Crippen molar-refractivity contribution in [2.45, 2.75) is 18.2 Å². The minimum absolute atomic E-state index is 0.159. The Bertz CT molecular complexity index is 1160. The van der Waals surface area contributed by atoms with Crippen molar-refractivity contribution < 1.29 is 13.2 Å². The van der Waals surface area contributed by atoms with Crippen LogP contribution in [0.5, 0.6) is 0 Å². The molecule has 1 fully saturated rings. The molecule has 0 aliphatic carbocycles. The molecule has 3 aromatic rings. The second-order valence-electron chi connectivity index (χ2n) is 7.51. The van der Waals surface area contributed by atoms with E-state index in [0.717, 1.165) is 30.9 Å². The summed E-state index contributed by atoms with van der Waals surface area (Å²) in [6.07, 6.45) is 1.65. The summed E-state index contributed by atoms with van der Waals surface area (Å²) in [5, 5.41) is 13.8. The van der Waals surface area contributed by atoms with Gasteiger partial charge in [0.2, 0.25) is 15.9 Å². The maximum atomic E-state index is 13.0. The fourth-order valence-electron chi connectivity index (χ4n) is 3.61. The number of anilines is 1. The number of nitrogens with one attached hydrogen (secondary N) is 1. The van der Waals surface area contributed by atoms with Gasteiger partial charge in [-0.3, -0.25) is 4.79 Å². The van der Waals surface area contributed by atoms with E-state index in [1.807, 2.05) is 24.3 Å². The van der Waals surface area contributed by atoms with Crippen LogP contribution in [0.3, 0.4) is 0 Å². The van der Waals surface area contributed by atoms with E-state index in [1.165, 1.54) is 21.4 Å². The number of rotatable bonds is 7. The summed E-state index contributed by atoms with van der Waals surface area (Å²) < 4.78 is 29.1. The first-order chi connectivity index (χ1) is 15.5. The van der Waals surface area contributed by atoms with Crippen LogP contribution in [0.2, 0.25) is 0 Å². The Balaban J connectivity index is 1.39. The lowest BCUT2D eigenvalue weighted by atomic mass is 10.1. The Kier molecular flexibility index (Phi) is 6.58. The molecule has 0 spiro atoms. The number of benzene rings is 2. The number of carbonyl (C=O) groups excluding carboxylic acids is 1. The monoisotopic (exact) mass is 455 g/mol. The van der Waals surface area contributed by atoms with Gasteiger partial charge in [0.15, 0.2) is 0 Å². The highest BCUT2D eigenvalue weighted by atomic mass is 32.2. The number of likely N-dealkylation sites (N-methyl/N-ethyl adjacent to an activating group) is 1. The number of aromatic nitrogens is 4. The molecule has 0 radical (unpaired) electrons. The van der Waals surface area contributed by atoms with Crippen molar-refractivity contribution in [2.24, 2.45) is 0 Å². The van der Waals surface area contributed by atoms with Gasteiger partial charge < -0.3 is 10.2 Å². The smallest absolute Gasteiger partial charge is 0.243 e. The average molecular weight is 456 g/mol. The van der Waals surface area contributed by atoms with Gasteiger partial charge in [0.05, 0.1) is 17.0 Å². The highest BCUT2D eigenvalue weighted by Crippen LogP contribution is 2.21. The van der Waals surface area contributed by atoms with Crippen LogP contribution in [-0.4, -0.2) is 76.5 Å². The topological polar surface area (TPSA) is 113 Å². The molecule has 0 bridgehead atoms. The molecule has 32 heavy (non-hydrogen) atoms. The van der Waals surface area contributed by atoms with Crippen LogP contribution in [0.4, 0.5) is 5.69 Å². The lowest BCUT2D eigenvalue weighted by molar-refractivity contribution is -0.115. The van der Waals surface area contributed by atoms with Crippen LogP contribution in [0, 0.1) is 0 Å². The van der Waals surface area contributed by atoms with E-state index in [4.69, 9.17) is 0 Å². The Morgan fingerprint density at radius 2 is 1.81 bits per heavy atom. The summed E-state index contributed by atoms with van der Waals surface area (Å²) >= 11 is 0. The SMILES string of the molecule is CCN1CCN(S(=O)(=O)c2cccc(NC(=O)Cc3ccc(-n4cnnn4)cc3)c2)CC1. The van der Waals surface area contributed by atoms with Crippen molar-refractivity contribution in [3.8, 4) is 5.69 Å². The molecule has 11 heteroatoms. The van der Waals surface area contributed by atoms with Crippen molar-refractivity contribution in [1.82, 2.24) is 29.4 Å². The quantitative estimate of drug-likeness (QED) is 0.569. The van der Waals surface area contributed by atoms with Crippen molar-refractivity contribution in [3.63, 3.8) is 0 Å². The molecule has 4 rings (SSSR count). The highest BCUT2D eigenvalue weighted by Gasteiger charge is 2.28. The number of hydrogen-bond acceptors (Lipinski definition) is 7. The van der Waals surface area contributed by atoms with Gasteiger partial charge in [0, 0.05) is 31.9 Å². The summed E-state index contributed by atoms with van der Waals surface area (Å²) in [6.45, 7) is 5.35. The first-order valence-electron chi connectivity index (χ1n) is 10.4. The summed E-state index contributed by atoms with van der Waals surface area (Å²) in [5.41, 5.74) is 2.06. The Morgan fingerprint density at radius 3 is 2.47 bits per heavy atom. The van der Waals surface area contributed by atoms with Crippen LogP contribution < -0.4 is 5.32 Å². The highest BCUT2D eigenvalue weighted by molar-refractivity contribution is 7.89. The van der Waals surface area contributed by atoms with Gasteiger partial charge in [-0.15, -0.1) is 5.10 Å². The molecular formula is C21H25N7O3S. The molecule has 1 N–H and O–H groups in total. The maximum Gasteiger partial charge on any atom is 0.243 e. The fraction of sp³-hybridized carbons (Fsp3) is 0.333. The van der Waals surface area contributed by atoms with Crippen molar-refractivity contribution in [3.05, 3.63) is 60.4 Å². The maximum absolute atomic E-state index is 13.0. The number of amides is 1. The molecule has 0 saturated carbocycles. The molecule has 2 aromatic carbocycles. The lowest BCUT2D eigenvalue weighted by Crippen LogP contribution is -2.48. The van der Waals surface area contributed by atoms with E-state index in [2.05, 4.69) is 32.7 Å². The predicted molar refractivity (Wildman–Crippen MR) is 119 cm³/mol. The summed E-state index contributed by atoms with van der Waals surface area (Å²) in [5.74, 6) is -0.230. The first-order valence-corrected chi connectivity index (χ1v) is 11.8. The first kappa shape index (κ1) is 22.1. The van der Waals surface area contributed by atoms with E-state index >= 15 is 0 Å². The number of tetrazole rings is 1. The van der Waals surface area contributed by atoms with Gasteiger partial charge >= 0.3 is 0 Å². The minimum atomic E-state index is -3.60. The molecule has 0 unspecified atom stereocenters. The molecule has 1 aromatic heterocycles. The van der Waals surface area contributed by atoms with Gasteiger partial charge in [-0.1, -0.05) is 25.1 Å². The van der Waals surface area contributed by atoms with Crippen molar-refractivity contribution in [2.75, 3.05) is 38.0 Å². The zero-order chi connectivity index (χ0) is 22.6. The normalized spacial score (nSPS) is 15.5. The molecule has 1 aliphatic rings. The second kappa shape index (κ2) is 9.55. The third-order valence-corrected chi connectivity index (χ3v) is 7.34. The van der Waals surface area contributed by atoms with Crippen LogP contribution in [-0.2, 0) is 21.2 Å². The van der Waals surface area contributed by atoms with Crippen molar-refractivity contribution >= 4 is 21.6 Å². The van der Waals surface area contributed by atoms with Crippen molar-refractivity contribution in [1.29, 1.82) is 0 Å². The standard InChI is InChI=1S/C21H25N7O3S/c1-2-26-10-12-27(13-11-26)32(30,31)20-5-3-4-18(15-20)23-21(29)14-17-6-8-19(9-7-17)28-16-22-24-25-28/h3-9,15-16H,2,10-14H2,1H3,(H,23,29). The van der Waals surface area contributed by atoms with E-state index in [1.54, 1.807) is 18.2 Å². The third kappa shape index (κ3) is 5.01. The molecule has 0 atom stereocenters. The summed E-state index contributed by atoms with van der Waals surface area (Å²) in [7, 11) is -3.60. The van der Waals surface area contributed by atoms with Gasteiger partial charge in [0.25, 0.3) is 0 Å². The number of hydrogen-bond donors (Lipinski definition) is 1. The third-order valence-electron chi connectivity index (χ3n) is 5.45. The van der Waals surface area contributed by atoms with E-state index in [0.29, 0.717) is 18.8 Å². The van der Waals surface area contributed by atoms with Crippen LogP contribution >= 0.6 is 0 Å². The Morgan fingerprint density at radius 1 is 1.06 bits per heavy atom. The molecule has 2 heterocycles. The van der Waals surface area contributed by atoms with Gasteiger partial charge in [-0.25, -0.2) is 13.1 Å². The molecule has 1 saturated heterocycles. The van der Waals surface area contributed by atoms with Crippen LogP contribution in [0.15, 0.2) is 59.8 Å². The molecule has 1 amide bonds. The summed E-state index contributed by atoms with van der Waals surface area (Å²) in [4.78, 5) is 14.9. The van der Waals surface area contributed by atoms with E-state index < -0.39 is 10.0 Å². The minimum Gasteiger partial charge on any atom is -0.326 e. The molecule has 1 aliphatic heterocycles. The Labute approximate surface area is 186 Å². The predicted octanol–water partition coefficient (Wildman–Crippen LogP) is 1.17. The van der Waals surface area contributed by atoms with Crippen LogP contribution in [0.25, 0.3) is 5.69 Å². The lowest BCUT2D eigenvalue weighted by Gasteiger charge is -2.33. The fourth-order valence-corrected chi connectivity index (χ4v) is 5.07. The number of sulfonamides is 1. The number of nitrogens with zero attached hydrogens (tertiary/aromatic N) is 6. The molecule has 10 nitrogen and oxygen atoms in total. The Hall–Kier alpha value is -3.15. The zero-order valence-electron chi connectivity index (χ0n) is 17.8. The van der Waals surface area contributed by atoms with Gasteiger partial charge in [0.1, 0.15) is 6.33 Å². The summed E-state index contributed by atoms with van der Waals surface area (Å²) in [6, 6.07) is 13.7. The van der Waals surface area contributed by atoms with Gasteiger partial charge in [-0.2, -0.15) is 4.31 Å². The number of carbonyl (C=O) groups is 1. The average Bonchev–Trinajstić information content (AvgIpc) is 3.35. The van der Waals surface area contributed by atoms with Gasteiger partial charge in [-0.05, 0) is 52.9 Å². The second-order valence-corrected chi connectivity index (χ2v) is 9.45. The van der Waals surface area contributed by atoms with E-state index in [-0.39, 0.29) is 17.2 Å². The van der Waals surface area contributed by atoms with E-state index in [9.17, 15) is 13.2 Å². The number of piperazine rings is 1. The largest absolute Gasteiger partial charge is 0.326 e. The zero-order valence-corrected chi connectivity index (χ0v) is 18.6. The molecular weight excluding hydrogens is 430 g/mol. The van der Waals surface area contributed by atoms with Crippen LogP contribution in [0.1, 0.15) is 12.5 Å². The molecule has 168 valence electrons.